The minimum Gasteiger partial charge on any atom is -0.358 e. The van der Waals surface area contributed by atoms with Crippen molar-refractivity contribution in [3.05, 3.63) is 222 Å². The molecule has 53 heavy (non-hydrogen) atoms. The summed E-state index contributed by atoms with van der Waals surface area (Å²) < 4.78 is 2.36. The van der Waals surface area contributed by atoms with E-state index in [0.29, 0.717) is 5.92 Å². The van der Waals surface area contributed by atoms with Gasteiger partial charge >= 0.3 is 0 Å². The zero-order chi connectivity index (χ0) is 36.6. The molecule has 0 bridgehead atoms. The van der Waals surface area contributed by atoms with Gasteiger partial charge in [-0.1, -0.05) is 147 Å². The van der Waals surface area contributed by atoms with Crippen LogP contribution in [0.15, 0.2) is 206 Å². The number of nitrogens with one attached hydrogen (secondary N) is 1. The van der Waals surface area contributed by atoms with Gasteiger partial charge in [-0.2, -0.15) is 0 Å². The third-order valence-corrected chi connectivity index (χ3v) is 10.3. The summed E-state index contributed by atoms with van der Waals surface area (Å²) >= 11 is 0. The molecule has 0 saturated carbocycles. The van der Waals surface area contributed by atoms with E-state index in [2.05, 4.69) is 219 Å². The Hall–Kier alpha value is -6.12. The molecule has 2 atom stereocenters. The van der Waals surface area contributed by atoms with Gasteiger partial charge in [0.1, 0.15) is 0 Å². The Balaban J connectivity index is 1.13. The van der Waals surface area contributed by atoms with E-state index < -0.39 is 0 Å². The van der Waals surface area contributed by atoms with Crippen molar-refractivity contribution in [3.8, 4) is 5.69 Å². The van der Waals surface area contributed by atoms with Crippen LogP contribution in [0.2, 0.25) is 0 Å². The molecule has 2 heteroatoms. The molecule has 6 aromatic rings. The quantitative estimate of drug-likeness (QED) is 0.127. The summed E-state index contributed by atoms with van der Waals surface area (Å²) in [6.07, 6.45) is 21.7. The number of hydrogen-bond acceptors (Lipinski definition) is 1. The maximum absolute atomic E-state index is 4.66. The van der Waals surface area contributed by atoms with Crippen LogP contribution in [-0.4, -0.2) is 4.57 Å². The third-order valence-electron chi connectivity index (χ3n) is 10.3. The van der Waals surface area contributed by atoms with E-state index >= 15 is 0 Å². The van der Waals surface area contributed by atoms with E-state index in [1.165, 1.54) is 49.8 Å². The summed E-state index contributed by atoms with van der Waals surface area (Å²) in [6.45, 7) is 11.1. The topological polar surface area (TPSA) is 17.0 Å². The van der Waals surface area contributed by atoms with Gasteiger partial charge in [0.15, 0.2) is 0 Å². The second-order valence-electron chi connectivity index (χ2n) is 13.8. The van der Waals surface area contributed by atoms with Crippen molar-refractivity contribution >= 4 is 33.1 Å². The van der Waals surface area contributed by atoms with Gasteiger partial charge in [-0.05, 0) is 109 Å². The Morgan fingerprint density at radius 2 is 1.53 bits per heavy atom. The molecule has 0 fully saturated rings. The molecule has 2 unspecified atom stereocenters. The van der Waals surface area contributed by atoms with E-state index in [0.717, 1.165) is 35.4 Å². The average molecular weight is 689 g/mol. The molecule has 0 spiro atoms. The first-order valence-corrected chi connectivity index (χ1v) is 18.8. The summed E-state index contributed by atoms with van der Waals surface area (Å²) in [4.78, 5) is 0. The van der Waals surface area contributed by atoms with Crippen molar-refractivity contribution in [2.45, 2.75) is 39.5 Å². The fourth-order valence-electron chi connectivity index (χ4n) is 7.52. The van der Waals surface area contributed by atoms with Crippen LogP contribution in [0.5, 0.6) is 0 Å². The lowest BCUT2D eigenvalue weighted by atomic mass is 9.87. The molecule has 2 nitrogen and oxygen atoms in total. The number of anilines is 1. The molecule has 5 aromatic carbocycles. The van der Waals surface area contributed by atoms with Crippen molar-refractivity contribution in [3.63, 3.8) is 0 Å². The minimum atomic E-state index is 0.139. The van der Waals surface area contributed by atoms with Gasteiger partial charge in [0.25, 0.3) is 0 Å². The smallest absolute Gasteiger partial charge is 0.0541 e. The Bertz CT molecular complexity index is 2410. The van der Waals surface area contributed by atoms with Crippen molar-refractivity contribution < 1.29 is 0 Å². The largest absolute Gasteiger partial charge is 0.358 e. The molecule has 1 aromatic heterocycles. The first-order valence-electron chi connectivity index (χ1n) is 18.8. The molecular weight excluding hydrogens is 641 g/mol. The van der Waals surface area contributed by atoms with Crippen molar-refractivity contribution in [1.29, 1.82) is 0 Å². The van der Waals surface area contributed by atoms with Crippen molar-refractivity contribution in [1.82, 2.24) is 4.57 Å². The van der Waals surface area contributed by atoms with Crippen LogP contribution in [0.25, 0.3) is 33.1 Å². The number of aromatic nitrogens is 1. The Kier molecular flexibility index (Phi) is 11.0. The Morgan fingerprint density at radius 3 is 2.32 bits per heavy atom. The van der Waals surface area contributed by atoms with E-state index in [-0.39, 0.29) is 5.92 Å². The lowest BCUT2D eigenvalue weighted by Crippen LogP contribution is -2.15. The number of rotatable bonds is 12. The van der Waals surface area contributed by atoms with E-state index in [1.807, 2.05) is 0 Å². The fourth-order valence-corrected chi connectivity index (χ4v) is 7.52. The van der Waals surface area contributed by atoms with Crippen molar-refractivity contribution in [2.75, 3.05) is 5.32 Å². The van der Waals surface area contributed by atoms with Gasteiger partial charge in [-0.3, -0.25) is 0 Å². The lowest BCUT2D eigenvalue weighted by Gasteiger charge is -2.24. The Morgan fingerprint density at radius 1 is 0.792 bits per heavy atom. The van der Waals surface area contributed by atoms with Crippen LogP contribution in [0, 0.1) is 5.92 Å². The number of nitrogens with zero attached hydrogens (tertiary/aromatic N) is 1. The lowest BCUT2D eigenvalue weighted by molar-refractivity contribution is 0.741. The van der Waals surface area contributed by atoms with Gasteiger partial charge in [0.2, 0.25) is 0 Å². The molecule has 0 saturated heterocycles. The molecule has 262 valence electrons. The highest BCUT2D eigenvalue weighted by molar-refractivity contribution is 6.10. The number of benzene rings is 5. The van der Waals surface area contributed by atoms with Crippen LogP contribution in [0.1, 0.15) is 49.8 Å². The molecule has 7 rings (SSSR count). The van der Waals surface area contributed by atoms with Crippen LogP contribution < -0.4 is 5.32 Å². The molecule has 0 amide bonds. The summed E-state index contributed by atoms with van der Waals surface area (Å²) in [5.41, 5.74) is 13.2. The highest BCUT2D eigenvalue weighted by Gasteiger charge is 2.19. The van der Waals surface area contributed by atoms with Gasteiger partial charge < -0.3 is 9.88 Å². The zero-order valence-corrected chi connectivity index (χ0v) is 31.0. The number of para-hydroxylation sites is 2. The predicted octanol–water partition coefficient (Wildman–Crippen LogP) is 13.7. The van der Waals surface area contributed by atoms with Crippen molar-refractivity contribution in [2.24, 2.45) is 5.92 Å². The zero-order valence-electron chi connectivity index (χ0n) is 31.0. The molecule has 0 radical (unpaired) electrons. The molecule has 1 aliphatic carbocycles. The van der Waals surface area contributed by atoms with Gasteiger partial charge in [-0.15, -0.1) is 0 Å². The second-order valence-corrected chi connectivity index (χ2v) is 13.8. The first-order chi connectivity index (χ1) is 26.0. The molecular formula is C51H48N2. The number of allylic oxidation sites excluding steroid dienone is 12. The van der Waals surface area contributed by atoms with Crippen LogP contribution in [0.4, 0.5) is 5.69 Å². The summed E-state index contributed by atoms with van der Waals surface area (Å²) in [7, 11) is 0. The monoisotopic (exact) mass is 688 g/mol. The highest BCUT2D eigenvalue weighted by atomic mass is 15.0. The van der Waals surface area contributed by atoms with E-state index in [4.69, 9.17) is 0 Å². The van der Waals surface area contributed by atoms with Gasteiger partial charge in [0.05, 0.1) is 11.0 Å². The average Bonchev–Trinajstić information content (AvgIpc) is 3.54. The standard InChI is InChI=1S/C51H48N2/c1-5-18-40(38(4)41-21-9-7-10-22-41)31-30-39-20-17-23-44(35-39)52-49-28-15-13-26-46(49)37(3)34-42(19-6-2)43-32-33-51-48(36-43)47-27-14-16-29-50(47)53(51)45-24-11-8-12-25-45/h5-25,27-29,31-36,38,46,52H,3,26,30H2,1-2,4H3/b18-5-,19-6?,40-31+,42-34+. The Labute approximate surface area is 315 Å². The third kappa shape index (κ3) is 7.88. The highest BCUT2D eigenvalue weighted by Crippen LogP contribution is 2.36. The van der Waals surface area contributed by atoms with Crippen LogP contribution >= 0.6 is 0 Å². The molecule has 1 N–H and O–H groups in total. The fraction of sp³-hybridized carbons (Fsp3) is 0.137. The van der Waals surface area contributed by atoms with Gasteiger partial charge in [-0.25, -0.2) is 0 Å². The maximum atomic E-state index is 4.66. The molecule has 1 aliphatic rings. The van der Waals surface area contributed by atoms with E-state index in [9.17, 15) is 0 Å². The molecule has 0 aliphatic heterocycles. The maximum Gasteiger partial charge on any atom is 0.0541 e. The van der Waals surface area contributed by atoms with Gasteiger partial charge in [0, 0.05) is 39.7 Å². The number of hydrogen-bond donors (Lipinski definition) is 1. The second kappa shape index (κ2) is 16.5. The summed E-state index contributed by atoms with van der Waals surface area (Å²) in [6, 6.07) is 45.7. The molecule has 1 heterocycles. The number of fused-ring (bicyclic) bond motifs is 3. The SMILES string of the molecule is C=C(/C=C(\C=CC)c1ccc2c(c1)c1ccccc1n2-c1ccccc1)C1CC=CC=C1Nc1cccc(C/C=C(\C=C/C)C(C)c2ccccc2)c1. The first kappa shape index (κ1) is 35.3. The predicted molar refractivity (Wildman–Crippen MR) is 230 cm³/mol. The summed E-state index contributed by atoms with van der Waals surface area (Å²) in [5.74, 6) is 0.470. The minimum absolute atomic E-state index is 0.139. The van der Waals surface area contributed by atoms with Crippen LogP contribution in [-0.2, 0) is 6.42 Å². The summed E-state index contributed by atoms with van der Waals surface area (Å²) in [5, 5.41) is 6.28. The normalized spacial score (nSPS) is 15.8. The van der Waals surface area contributed by atoms with E-state index in [1.54, 1.807) is 0 Å². The van der Waals surface area contributed by atoms with Crippen LogP contribution in [0.3, 0.4) is 0 Å².